The van der Waals surface area contributed by atoms with E-state index in [0.717, 1.165) is 6.07 Å². The zero-order valence-corrected chi connectivity index (χ0v) is 18.3. The predicted molar refractivity (Wildman–Crippen MR) is 122 cm³/mol. The van der Waals surface area contributed by atoms with Crippen LogP contribution in [0.3, 0.4) is 0 Å². The van der Waals surface area contributed by atoms with Crippen molar-refractivity contribution >= 4 is 34.7 Å². The number of halogens is 1. The zero-order chi connectivity index (χ0) is 23.8. The first-order chi connectivity index (χ1) is 15.8. The van der Waals surface area contributed by atoms with E-state index in [0.29, 0.717) is 21.8 Å². The number of hydrogen-bond acceptors (Lipinski definition) is 6. The molecule has 1 aliphatic rings. The van der Waals surface area contributed by atoms with Crippen molar-refractivity contribution in [2.24, 2.45) is 0 Å². The highest BCUT2D eigenvalue weighted by Gasteiger charge is 2.51. The Morgan fingerprint density at radius 2 is 1.85 bits per heavy atom. The highest BCUT2D eigenvalue weighted by atomic mass is 35.5. The molecule has 0 fully saturated rings. The van der Waals surface area contributed by atoms with Crippen molar-refractivity contribution in [3.8, 4) is 5.75 Å². The third-order valence-corrected chi connectivity index (χ3v) is 6.01. The van der Waals surface area contributed by atoms with E-state index in [1.54, 1.807) is 48.5 Å². The predicted octanol–water partition coefficient (Wildman–Crippen LogP) is 4.26. The fourth-order valence-corrected chi connectivity index (χ4v) is 4.17. The molecule has 1 atom stereocenters. The van der Waals surface area contributed by atoms with E-state index in [1.807, 2.05) is 0 Å². The normalized spacial score (nSPS) is 17.1. The molecule has 0 saturated carbocycles. The van der Waals surface area contributed by atoms with Gasteiger partial charge in [-0.2, -0.15) is 0 Å². The van der Waals surface area contributed by atoms with Crippen molar-refractivity contribution in [1.29, 1.82) is 0 Å². The summed E-state index contributed by atoms with van der Waals surface area (Å²) in [6.07, 6.45) is -0.578. The second-order valence-electron chi connectivity index (χ2n) is 7.60. The number of aliphatic hydroxyl groups is 1. The highest BCUT2D eigenvalue weighted by Crippen LogP contribution is 2.44. The fourth-order valence-electron chi connectivity index (χ4n) is 3.97. The minimum Gasteiger partial charge on any atom is -0.490 e. The lowest BCUT2D eigenvalue weighted by Crippen LogP contribution is -2.41. The van der Waals surface area contributed by atoms with Crippen LogP contribution in [-0.4, -0.2) is 28.8 Å². The van der Waals surface area contributed by atoms with Gasteiger partial charge in [-0.05, 0) is 29.8 Å². The van der Waals surface area contributed by atoms with Gasteiger partial charge in [0.2, 0.25) is 0 Å². The molecule has 1 heterocycles. The smallest absolute Gasteiger partial charge is 0.311 e. The van der Waals surface area contributed by atoms with Gasteiger partial charge in [0.1, 0.15) is 0 Å². The van der Waals surface area contributed by atoms with Crippen LogP contribution < -0.4 is 9.64 Å². The first-order valence-corrected chi connectivity index (χ1v) is 10.4. The Morgan fingerprint density at radius 3 is 2.55 bits per heavy atom. The molecule has 0 bridgehead atoms. The maximum atomic E-state index is 13.4. The molecule has 8 nitrogen and oxygen atoms in total. The lowest BCUT2D eigenvalue weighted by Gasteiger charge is -2.23. The summed E-state index contributed by atoms with van der Waals surface area (Å²) in [7, 11) is 1.29. The molecule has 3 aromatic carbocycles. The zero-order valence-electron chi connectivity index (χ0n) is 17.5. The van der Waals surface area contributed by atoms with Gasteiger partial charge in [-0.3, -0.25) is 19.7 Å². The minimum atomic E-state index is -2.12. The van der Waals surface area contributed by atoms with Crippen LogP contribution in [0, 0.1) is 10.1 Å². The van der Waals surface area contributed by atoms with Crippen molar-refractivity contribution in [2.75, 3.05) is 12.0 Å². The topological polar surface area (TPSA) is 110 Å². The molecule has 1 amide bonds. The molecule has 0 unspecified atom stereocenters. The molecule has 3 aromatic rings. The second kappa shape index (κ2) is 8.65. The van der Waals surface area contributed by atoms with Crippen molar-refractivity contribution in [1.82, 2.24) is 0 Å². The van der Waals surface area contributed by atoms with Crippen LogP contribution in [0.25, 0.3) is 0 Å². The minimum absolute atomic E-state index is 0.00321. The van der Waals surface area contributed by atoms with Gasteiger partial charge in [0.15, 0.2) is 17.1 Å². The molecule has 0 spiro atoms. The number of rotatable bonds is 7. The van der Waals surface area contributed by atoms with E-state index in [2.05, 4.69) is 0 Å². The number of Topliss-reactive ketones (excluding diaryl/α,β-unsaturated/α-hetero) is 1. The number of fused-ring (bicyclic) bond motifs is 1. The maximum Gasteiger partial charge on any atom is 0.311 e. The van der Waals surface area contributed by atoms with Crippen LogP contribution >= 0.6 is 11.6 Å². The Hall–Kier alpha value is -3.75. The maximum absolute atomic E-state index is 13.4. The summed E-state index contributed by atoms with van der Waals surface area (Å²) in [6.45, 7) is 0.111. The molecule has 0 aromatic heterocycles. The van der Waals surface area contributed by atoms with Gasteiger partial charge in [-0.1, -0.05) is 48.0 Å². The number of anilines is 1. The summed E-state index contributed by atoms with van der Waals surface area (Å²) >= 11 is 6.26. The second-order valence-corrected chi connectivity index (χ2v) is 8.01. The van der Waals surface area contributed by atoms with E-state index >= 15 is 0 Å². The average molecular weight is 467 g/mol. The average Bonchev–Trinajstić information content (AvgIpc) is 3.01. The van der Waals surface area contributed by atoms with Gasteiger partial charge in [0, 0.05) is 22.2 Å². The molecular weight excluding hydrogens is 448 g/mol. The molecule has 0 aliphatic carbocycles. The van der Waals surface area contributed by atoms with Crippen molar-refractivity contribution in [3.63, 3.8) is 0 Å². The number of nitro benzene ring substituents is 1. The quantitative estimate of drug-likeness (QED) is 0.316. The van der Waals surface area contributed by atoms with Crippen molar-refractivity contribution in [3.05, 3.63) is 98.6 Å². The van der Waals surface area contributed by atoms with Crippen molar-refractivity contribution in [2.45, 2.75) is 18.6 Å². The number of benzene rings is 3. The van der Waals surface area contributed by atoms with Crippen LogP contribution in [0.15, 0.2) is 66.7 Å². The number of carbonyl (C=O) groups is 2. The van der Waals surface area contributed by atoms with Gasteiger partial charge in [-0.25, -0.2) is 0 Å². The van der Waals surface area contributed by atoms with Gasteiger partial charge < -0.3 is 14.7 Å². The number of para-hydroxylation sites is 1. The number of nitro groups is 1. The lowest BCUT2D eigenvalue weighted by molar-refractivity contribution is -0.385. The first kappa shape index (κ1) is 22.4. The number of carbonyl (C=O) groups excluding carboxylic acids is 2. The third-order valence-electron chi connectivity index (χ3n) is 5.64. The number of ketones is 1. The summed E-state index contributed by atoms with van der Waals surface area (Å²) in [5.74, 6) is -1.28. The van der Waals surface area contributed by atoms with Crippen LogP contribution in [0.2, 0.25) is 5.02 Å². The lowest BCUT2D eigenvalue weighted by atomic mass is 9.88. The molecule has 9 heteroatoms. The van der Waals surface area contributed by atoms with Gasteiger partial charge in [-0.15, -0.1) is 0 Å². The van der Waals surface area contributed by atoms with E-state index in [9.17, 15) is 24.8 Å². The Bertz CT molecular complexity index is 1280. The molecule has 1 N–H and O–H groups in total. The monoisotopic (exact) mass is 466 g/mol. The molecule has 4 rings (SSSR count). The summed E-state index contributed by atoms with van der Waals surface area (Å²) in [6, 6.07) is 17.5. The Balaban J connectivity index is 1.68. The van der Waals surface area contributed by atoms with E-state index < -0.39 is 28.6 Å². The Kier molecular flexibility index (Phi) is 5.88. The van der Waals surface area contributed by atoms with Crippen LogP contribution in [0.5, 0.6) is 5.75 Å². The van der Waals surface area contributed by atoms with E-state index in [1.165, 1.54) is 24.1 Å². The van der Waals surface area contributed by atoms with Gasteiger partial charge >= 0.3 is 5.69 Å². The molecule has 1 aliphatic heterocycles. The summed E-state index contributed by atoms with van der Waals surface area (Å²) in [5.41, 5.74) is -1.07. The standard InChI is InChI=1S/C24H19ClN2O6/c1-33-22-11-10-15(12-20(22)27(31)32)21(28)13-24(30)17-7-3-5-9-19(17)26(23(24)29)14-16-6-2-4-8-18(16)25/h2-12,30H,13-14H2,1H3/t24-/m1/s1. The Morgan fingerprint density at radius 1 is 1.15 bits per heavy atom. The highest BCUT2D eigenvalue weighted by molar-refractivity contribution is 6.31. The molecule has 0 saturated heterocycles. The number of nitrogens with zero attached hydrogens (tertiary/aromatic N) is 2. The largest absolute Gasteiger partial charge is 0.490 e. The summed E-state index contributed by atoms with van der Waals surface area (Å²) < 4.78 is 4.96. The van der Waals surface area contributed by atoms with E-state index in [4.69, 9.17) is 16.3 Å². The fraction of sp³-hybridized carbons (Fsp3) is 0.167. The number of ether oxygens (including phenoxy) is 1. The first-order valence-electron chi connectivity index (χ1n) is 9.99. The number of amides is 1. The number of methoxy groups -OCH3 is 1. The van der Waals surface area contributed by atoms with Gasteiger partial charge in [0.05, 0.1) is 30.7 Å². The van der Waals surface area contributed by atoms with Crippen LogP contribution in [0.4, 0.5) is 11.4 Å². The van der Waals surface area contributed by atoms with Gasteiger partial charge in [0.25, 0.3) is 5.91 Å². The number of hydrogen-bond donors (Lipinski definition) is 1. The SMILES string of the molecule is COc1ccc(C(=O)C[C@]2(O)C(=O)N(Cc3ccccc3Cl)c3ccccc32)cc1[N+](=O)[O-]. The molecule has 0 radical (unpaired) electrons. The molecular formula is C24H19ClN2O6. The summed E-state index contributed by atoms with van der Waals surface area (Å²) in [4.78, 5) is 38.5. The molecule has 33 heavy (non-hydrogen) atoms. The van der Waals surface area contributed by atoms with E-state index in [-0.39, 0.29) is 23.5 Å². The molecule has 168 valence electrons. The van der Waals surface area contributed by atoms with Crippen LogP contribution in [-0.2, 0) is 16.9 Å². The Labute approximate surface area is 194 Å². The van der Waals surface area contributed by atoms with Crippen molar-refractivity contribution < 1.29 is 24.4 Å². The van der Waals surface area contributed by atoms with Crippen LogP contribution in [0.1, 0.15) is 27.9 Å². The third kappa shape index (κ3) is 3.94. The summed E-state index contributed by atoms with van der Waals surface area (Å²) in [5, 5.41) is 23.2.